The van der Waals surface area contributed by atoms with E-state index in [9.17, 15) is 4.79 Å². The molecule has 0 bridgehead atoms. The van der Waals surface area contributed by atoms with Crippen molar-refractivity contribution in [2.45, 2.75) is 39.3 Å². The first kappa shape index (κ1) is 18.8. The van der Waals surface area contributed by atoms with E-state index in [0.717, 1.165) is 12.8 Å². The molecule has 0 heterocycles. The van der Waals surface area contributed by atoms with Crippen LogP contribution in [0.3, 0.4) is 0 Å². The van der Waals surface area contributed by atoms with E-state index in [-0.39, 0.29) is 12.4 Å². The van der Waals surface area contributed by atoms with Gasteiger partial charge in [-0.1, -0.05) is 48.6 Å². The standard InChI is InChI=1S/C18H25ClO2Si/c1-4-21-18(20)14-8-12-17(13-9-15-19)22(2,3)16-10-6-5-7-11-16/h5-8,10-11H,4,9,13-15H2,1-3H3. The Labute approximate surface area is 139 Å². The smallest absolute Gasteiger partial charge is 0.310 e. The van der Waals surface area contributed by atoms with Gasteiger partial charge in [-0.05, 0) is 31.0 Å². The van der Waals surface area contributed by atoms with Gasteiger partial charge in [-0.2, -0.15) is 0 Å². The van der Waals surface area contributed by atoms with Gasteiger partial charge in [-0.25, -0.2) is 0 Å². The lowest BCUT2D eigenvalue weighted by atomic mass is 10.3. The number of halogens is 1. The van der Waals surface area contributed by atoms with Gasteiger partial charge < -0.3 is 4.74 Å². The van der Waals surface area contributed by atoms with Crippen LogP contribution in [0.15, 0.2) is 47.3 Å². The van der Waals surface area contributed by atoms with Crippen LogP contribution in [-0.4, -0.2) is 26.5 Å². The van der Waals surface area contributed by atoms with Crippen molar-refractivity contribution >= 4 is 30.8 Å². The minimum absolute atomic E-state index is 0.203. The van der Waals surface area contributed by atoms with Crippen molar-refractivity contribution < 1.29 is 9.53 Å². The van der Waals surface area contributed by atoms with E-state index in [2.05, 4.69) is 43.1 Å². The van der Waals surface area contributed by atoms with Crippen molar-refractivity contribution in [2.24, 2.45) is 0 Å². The molecular weight excluding hydrogens is 312 g/mol. The quantitative estimate of drug-likeness (QED) is 0.308. The monoisotopic (exact) mass is 336 g/mol. The van der Waals surface area contributed by atoms with E-state index in [1.165, 1.54) is 10.4 Å². The van der Waals surface area contributed by atoms with Crippen LogP contribution in [-0.2, 0) is 9.53 Å². The molecule has 0 aliphatic heterocycles. The maximum absolute atomic E-state index is 11.4. The van der Waals surface area contributed by atoms with E-state index in [4.69, 9.17) is 16.3 Å². The Bertz CT molecular complexity index is 531. The Kier molecular flexibility index (Phi) is 8.25. The van der Waals surface area contributed by atoms with Gasteiger partial charge in [0.15, 0.2) is 0 Å². The summed E-state index contributed by atoms with van der Waals surface area (Å²) in [6.45, 7) is 6.86. The Morgan fingerprint density at radius 3 is 2.59 bits per heavy atom. The molecule has 1 aromatic carbocycles. The molecule has 0 saturated carbocycles. The third-order valence-electron chi connectivity index (χ3n) is 3.66. The van der Waals surface area contributed by atoms with Gasteiger partial charge in [0.25, 0.3) is 0 Å². The lowest BCUT2D eigenvalue weighted by Gasteiger charge is -2.25. The van der Waals surface area contributed by atoms with Crippen LogP contribution in [0.4, 0.5) is 0 Å². The molecule has 0 aromatic heterocycles. The van der Waals surface area contributed by atoms with Crippen molar-refractivity contribution in [1.82, 2.24) is 0 Å². The third kappa shape index (κ3) is 5.84. The molecule has 22 heavy (non-hydrogen) atoms. The fraction of sp³-hybridized carbons (Fsp3) is 0.444. The molecule has 0 amide bonds. The summed E-state index contributed by atoms with van der Waals surface area (Å²) in [6, 6.07) is 10.5. The first-order valence-corrected chi connectivity index (χ1v) is 11.3. The Morgan fingerprint density at radius 2 is 2.00 bits per heavy atom. The van der Waals surface area contributed by atoms with Crippen molar-refractivity contribution in [3.63, 3.8) is 0 Å². The fourth-order valence-electron chi connectivity index (χ4n) is 2.32. The highest BCUT2D eigenvalue weighted by Crippen LogP contribution is 2.19. The molecule has 0 aliphatic rings. The Hall–Kier alpha value is -1.28. The van der Waals surface area contributed by atoms with E-state index >= 15 is 0 Å². The summed E-state index contributed by atoms with van der Waals surface area (Å²) in [6.07, 6.45) is 3.94. The van der Waals surface area contributed by atoms with E-state index < -0.39 is 8.07 Å². The molecule has 120 valence electrons. The first-order chi connectivity index (χ1) is 10.5. The molecular formula is C18H25ClO2Si. The van der Waals surface area contributed by atoms with Crippen LogP contribution in [0.2, 0.25) is 13.1 Å². The number of hydrogen-bond acceptors (Lipinski definition) is 2. The minimum Gasteiger partial charge on any atom is -0.466 e. The van der Waals surface area contributed by atoms with Crippen LogP contribution in [0.5, 0.6) is 0 Å². The van der Waals surface area contributed by atoms with Crippen LogP contribution in [0, 0.1) is 0 Å². The van der Waals surface area contributed by atoms with Gasteiger partial charge in [0.2, 0.25) is 0 Å². The molecule has 0 radical (unpaired) electrons. The number of hydrogen-bond donors (Lipinski definition) is 0. The molecule has 4 heteroatoms. The molecule has 0 spiro atoms. The summed E-state index contributed by atoms with van der Waals surface area (Å²) >= 11 is 5.86. The normalized spacial score (nSPS) is 10.7. The molecule has 0 fully saturated rings. The Morgan fingerprint density at radius 1 is 1.32 bits per heavy atom. The van der Waals surface area contributed by atoms with Gasteiger partial charge in [0.1, 0.15) is 8.07 Å². The summed E-state index contributed by atoms with van der Waals surface area (Å²) < 4.78 is 4.95. The minimum atomic E-state index is -1.77. The maximum atomic E-state index is 11.4. The van der Waals surface area contributed by atoms with E-state index in [1.54, 1.807) is 6.08 Å². The zero-order valence-electron chi connectivity index (χ0n) is 13.7. The van der Waals surface area contributed by atoms with Crippen molar-refractivity contribution in [1.29, 1.82) is 0 Å². The highest BCUT2D eigenvalue weighted by Gasteiger charge is 2.27. The number of carbonyl (C=O) groups excluding carboxylic acids is 1. The predicted molar refractivity (Wildman–Crippen MR) is 96.4 cm³/mol. The van der Waals surface area contributed by atoms with Crippen molar-refractivity contribution in [3.8, 4) is 0 Å². The molecule has 2 nitrogen and oxygen atoms in total. The van der Waals surface area contributed by atoms with Crippen LogP contribution in [0.25, 0.3) is 0 Å². The summed E-state index contributed by atoms with van der Waals surface area (Å²) in [7, 11) is -1.77. The van der Waals surface area contributed by atoms with Gasteiger partial charge in [0, 0.05) is 5.88 Å². The third-order valence-corrected chi connectivity index (χ3v) is 7.61. The largest absolute Gasteiger partial charge is 0.466 e. The second-order valence-corrected chi connectivity index (χ2v) is 10.4. The average Bonchev–Trinajstić information content (AvgIpc) is 2.51. The summed E-state index contributed by atoms with van der Waals surface area (Å²) in [4.78, 5) is 11.4. The van der Waals surface area contributed by atoms with E-state index in [1.807, 2.05) is 13.0 Å². The van der Waals surface area contributed by atoms with Crippen LogP contribution in [0.1, 0.15) is 26.2 Å². The van der Waals surface area contributed by atoms with Gasteiger partial charge in [-0.15, -0.1) is 17.3 Å². The molecule has 1 rings (SSSR count). The SMILES string of the molecule is CCOC(=O)CC=C=C(CCCCl)[Si](C)(C)c1ccccc1. The number of ether oxygens (including phenoxy) is 1. The molecule has 0 N–H and O–H groups in total. The zero-order chi connectivity index (χ0) is 16.4. The summed E-state index contributed by atoms with van der Waals surface area (Å²) in [5.41, 5.74) is 3.38. The van der Waals surface area contributed by atoms with Crippen LogP contribution < -0.4 is 5.19 Å². The van der Waals surface area contributed by atoms with Gasteiger partial charge >= 0.3 is 5.97 Å². The maximum Gasteiger partial charge on any atom is 0.310 e. The number of esters is 1. The average molecular weight is 337 g/mol. The lowest BCUT2D eigenvalue weighted by Crippen LogP contribution is -2.43. The van der Waals surface area contributed by atoms with Gasteiger partial charge in [0.05, 0.1) is 13.0 Å². The van der Waals surface area contributed by atoms with Crippen LogP contribution >= 0.6 is 11.6 Å². The number of carbonyl (C=O) groups is 1. The van der Waals surface area contributed by atoms with Crippen molar-refractivity contribution in [2.75, 3.05) is 12.5 Å². The van der Waals surface area contributed by atoms with E-state index in [0.29, 0.717) is 12.5 Å². The molecule has 0 saturated heterocycles. The molecule has 0 unspecified atom stereocenters. The molecule has 0 aliphatic carbocycles. The number of alkyl halides is 1. The molecule has 1 aromatic rings. The second-order valence-electron chi connectivity index (χ2n) is 5.62. The fourth-order valence-corrected chi connectivity index (χ4v) is 5.09. The summed E-state index contributed by atoms with van der Waals surface area (Å²) in [5.74, 6) is 0.438. The highest BCUT2D eigenvalue weighted by molar-refractivity contribution is 6.95. The summed E-state index contributed by atoms with van der Waals surface area (Å²) in [5, 5.41) is 2.67. The number of rotatable bonds is 8. The topological polar surface area (TPSA) is 26.3 Å². The van der Waals surface area contributed by atoms with Crippen molar-refractivity contribution in [3.05, 3.63) is 47.3 Å². The molecule has 0 atom stereocenters. The predicted octanol–water partition coefficient (Wildman–Crippen LogP) is 4.19. The number of benzene rings is 1. The highest BCUT2D eigenvalue weighted by atomic mass is 35.5. The second kappa shape index (κ2) is 9.68. The lowest BCUT2D eigenvalue weighted by molar-refractivity contribution is -0.142. The first-order valence-electron chi connectivity index (χ1n) is 7.74. The van der Waals surface area contributed by atoms with Gasteiger partial charge in [-0.3, -0.25) is 4.79 Å². The zero-order valence-corrected chi connectivity index (χ0v) is 15.5. The Balaban J connectivity index is 3.01.